The number of H-pyrrole nitrogens is 1. The summed E-state index contributed by atoms with van der Waals surface area (Å²) in [7, 11) is 3.89. The summed E-state index contributed by atoms with van der Waals surface area (Å²) in [6.45, 7) is 3.60. The van der Waals surface area contributed by atoms with Crippen LogP contribution in [0.4, 0.5) is 0 Å². The third kappa shape index (κ3) is 5.41. The summed E-state index contributed by atoms with van der Waals surface area (Å²) in [5, 5.41) is 9.81. The van der Waals surface area contributed by atoms with Crippen LogP contribution in [-0.4, -0.2) is 54.8 Å². The molecule has 1 aromatic heterocycles. The number of rotatable bonds is 8. The summed E-state index contributed by atoms with van der Waals surface area (Å²) in [5.74, 6) is 0.766. The van der Waals surface area contributed by atoms with Crippen LogP contribution in [0.2, 0.25) is 0 Å². The number of ether oxygens (including phenoxy) is 1. The highest BCUT2D eigenvalue weighted by Gasteiger charge is 2.06. The molecule has 6 heteroatoms. The molecule has 0 saturated carbocycles. The molecule has 2 rings (SSSR count). The van der Waals surface area contributed by atoms with Crippen molar-refractivity contribution in [3.63, 3.8) is 0 Å². The fourth-order valence-corrected chi connectivity index (χ4v) is 2.11. The Balaban J connectivity index is 1.78. The lowest BCUT2D eigenvalue weighted by atomic mass is 10.1. The van der Waals surface area contributed by atoms with E-state index >= 15 is 0 Å². The van der Waals surface area contributed by atoms with Crippen LogP contribution in [0.1, 0.15) is 12.1 Å². The van der Waals surface area contributed by atoms with Crippen molar-refractivity contribution < 1.29 is 9.53 Å². The van der Waals surface area contributed by atoms with Crippen molar-refractivity contribution >= 4 is 5.91 Å². The maximum Gasteiger partial charge on any atom is 0.221 e. The molecule has 0 aliphatic heterocycles. The van der Waals surface area contributed by atoms with Gasteiger partial charge in [-0.1, -0.05) is 0 Å². The fraction of sp³-hybridized carbons (Fsp3) is 0.412. The van der Waals surface area contributed by atoms with Gasteiger partial charge >= 0.3 is 0 Å². The minimum atomic E-state index is 0.0386. The largest absolute Gasteiger partial charge is 0.492 e. The van der Waals surface area contributed by atoms with E-state index in [4.69, 9.17) is 4.74 Å². The Labute approximate surface area is 136 Å². The Morgan fingerprint density at radius 3 is 2.96 bits per heavy atom. The van der Waals surface area contributed by atoms with Crippen molar-refractivity contribution in [1.82, 2.24) is 20.4 Å². The van der Waals surface area contributed by atoms with Crippen LogP contribution in [-0.2, 0) is 4.79 Å². The number of nitrogens with zero attached hydrogens (tertiary/aromatic N) is 2. The lowest BCUT2D eigenvalue weighted by Crippen LogP contribution is -2.30. The first-order valence-corrected chi connectivity index (χ1v) is 7.62. The normalized spacial score (nSPS) is 10.8. The van der Waals surface area contributed by atoms with E-state index in [1.807, 2.05) is 44.2 Å². The lowest BCUT2D eigenvalue weighted by molar-refractivity contribution is -0.121. The molecular weight excluding hydrogens is 292 g/mol. The van der Waals surface area contributed by atoms with Gasteiger partial charge in [-0.05, 0) is 50.8 Å². The highest BCUT2D eigenvalue weighted by Crippen LogP contribution is 2.24. The number of amides is 1. The van der Waals surface area contributed by atoms with E-state index in [-0.39, 0.29) is 5.91 Å². The van der Waals surface area contributed by atoms with Gasteiger partial charge in [-0.25, -0.2) is 0 Å². The highest BCUT2D eigenvalue weighted by molar-refractivity contribution is 5.76. The topological polar surface area (TPSA) is 70.2 Å². The molecular formula is C17H23N4O2. The predicted molar refractivity (Wildman–Crippen MR) is 89.3 cm³/mol. The minimum absolute atomic E-state index is 0.0386. The molecule has 0 aliphatic rings. The third-order valence-electron chi connectivity index (χ3n) is 3.38. The standard InChI is InChI=1S/C17H23N4O2/c1-13-16(12-19-20-13)14-5-4-6-15(11-14)23-10-8-18-17(22)7-9-21(2)3/h5-6,11-12H,7-10H2,1-3H3,(H,18,22)(H,19,20). The number of carbonyl (C=O) groups is 1. The first-order valence-electron chi connectivity index (χ1n) is 7.62. The summed E-state index contributed by atoms with van der Waals surface area (Å²) in [6.07, 6.45) is 2.35. The number of benzene rings is 1. The Hall–Kier alpha value is -2.34. The fourth-order valence-electron chi connectivity index (χ4n) is 2.11. The van der Waals surface area contributed by atoms with Crippen molar-refractivity contribution in [2.24, 2.45) is 0 Å². The van der Waals surface area contributed by atoms with E-state index in [0.29, 0.717) is 19.6 Å². The molecule has 6 nitrogen and oxygen atoms in total. The van der Waals surface area contributed by atoms with Gasteiger partial charge in [0.1, 0.15) is 12.4 Å². The van der Waals surface area contributed by atoms with Crippen molar-refractivity contribution in [2.75, 3.05) is 33.8 Å². The molecule has 0 spiro atoms. The van der Waals surface area contributed by atoms with Crippen LogP contribution in [0.25, 0.3) is 11.1 Å². The second kappa shape index (κ2) is 8.33. The molecule has 1 heterocycles. The van der Waals surface area contributed by atoms with Gasteiger partial charge in [0.2, 0.25) is 5.91 Å². The average molecular weight is 315 g/mol. The Kier molecular flexibility index (Phi) is 6.17. The Morgan fingerprint density at radius 1 is 1.43 bits per heavy atom. The number of carbonyl (C=O) groups excluding carboxylic acids is 1. The van der Waals surface area contributed by atoms with Gasteiger partial charge in [-0.15, -0.1) is 0 Å². The zero-order valence-corrected chi connectivity index (χ0v) is 13.8. The molecule has 0 fully saturated rings. The van der Waals surface area contributed by atoms with Crippen LogP contribution < -0.4 is 10.1 Å². The smallest absolute Gasteiger partial charge is 0.221 e. The zero-order chi connectivity index (χ0) is 16.7. The second-order valence-electron chi connectivity index (χ2n) is 5.59. The maximum atomic E-state index is 11.6. The SMILES string of the molecule is Cc1n[nH]cc1-c1c[c]cc(OCCNC(=O)CCN(C)C)c1. The quantitative estimate of drug-likeness (QED) is 0.727. The number of aromatic nitrogens is 2. The number of hydrogen-bond donors (Lipinski definition) is 2. The Bertz CT molecular complexity index is 637. The van der Waals surface area contributed by atoms with Crippen LogP contribution in [0.15, 0.2) is 24.4 Å². The van der Waals surface area contributed by atoms with Gasteiger partial charge in [0, 0.05) is 24.7 Å². The van der Waals surface area contributed by atoms with Gasteiger partial charge in [0.05, 0.1) is 12.2 Å². The summed E-state index contributed by atoms with van der Waals surface area (Å²) < 4.78 is 5.67. The number of aromatic amines is 1. The van der Waals surface area contributed by atoms with E-state index in [0.717, 1.165) is 29.1 Å². The number of hydrogen-bond acceptors (Lipinski definition) is 4. The van der Waals surface area contributed by atoms with Gasteiger partial charge in [0.25, 0.3) is 0 Å². The lowest BCUT2D eigenvalue weighted by Gasteiger charge is -2.11. The summed E-state index contributed by atoms with van der Waals surface area (Å²) >= 11 is 0. The number of nitrogens with one attached hydrogen (secondary N) is 2. The molecule has 0 aliphatic carbocycles. The van der Waals surface area contributed by atoms with E-state index < -0.39 is 0 Å². The van der Waals surface area contributed by atoms with E-state index in [1.54, 1.807) is 6.07 Å². The van der Waals surface area contributed by atoms with E-state index in [1.165, 1.54) is 0 Å². The van der Waals surface area contributed by atoms with E-state index in [9.17, 15) is 4.79 Å². The van der Waals surface area contributed by atoms with Crippen LogP contribution in [0, 0.1) is 13.0 Å². The summed E-state index contributed by atoms with van der Waals surface area (Å²) in [4.78, 5) is 13.6. The minimum Gasteiger partial charge on any atom is -0.492 e. The van der Waals surface area contributed by atoms with E-state index in [2.05, 4.69) is 21.6 Å². The summed E-state index contributed by atoms with van der Waals surface area (Å²) in [5.41, 5.74) is 2.97. The summed E-state index contributed by atoms with van der Waals surface area (Å²) in [6, 6.07) is 8.70. The number of aryl methyl sites for hydroxylation is 1. The van der Waals surface area contributed by atoms with Gasteiger partial charge in [-0.2, -0.15) is 5.10 Å². The highest BCUT2D eigenvalue weighted by atomic mass is 16.5. The van der Waals surface area contributed by atoms with Crippen LogP contribution in [0.3, 0.4) is 0 Å². The first kappa shape index (κ1) is 17.0. The molecule has 0 saturated heterocycles. The molecule has 0 unspecified atom stereocenters. The van der Waals surface area contributed by atoms with Gasteiger partial charge in [-0.3, -0.25) is 9.89 Å². The molecule has 1 radical (unpaired) electrons. The molecule has 0 bridgehead atoms. The Morgan fingerprint density at radius 2 is 2.26 bits per heavy atom. The molecule has 2 aromatic rings. The van der Waals surface area contributed by atoms with Crippen LogP contribution in [0.5, 0.6) is 5.75 Å². The van der Waals surface area contributed by atoms with Crippen molar-refractivity contribution in [1.29, 1.82) is 0 Å². The molecule has 0 atom stereocenters. The predicted octanol–water partition coefficient (Wildman–Crippen LogP) is 1.63. The third-order valence-corrected chi connectivity index (χ3v) is 3.38. The van der Waals surface area contributed by atoms with Gasteiger partial charge in [0.15, 0.2) is 0 Å². The molecule has 123 valence electrons. The van der Waals surface area contributed by atoms with Gasteiger partial charge < -0.3 is 15.0 Å². The molecule has 2 N–H and O–H groups in total. The maximum absolute atomic E-state index is 11.6. The van der Waals surface area contributed by atoms with Crippen molar-refractivity contribution in [2.45, 2.75) is 13.3 Å². The first-order chi connectivity index (χ1) is 11.1. The van der Waals surface area contributed by atoms with Crippen molar-refractivity contribution in [3.05, 3.63) is 36.2 Å². The molecule has 1 aromatic carbocycles. The molecule has 1 amide bonds. The monoisotopic (exact) mass is 315 g/mol. The van der Waals surface area contributed by atoms with Crippen molar-refractivity contribution in [3.8, 4) is 16.9 Å². The molecule has 23 heavy (non-hydrogen) atoms. The zero-order valence-electron chi connectivity index (χ0n) is 13.8. The second-order valence-corrected chi connectivity index (χ2v) is 5.59. The van der Waals surface area contributed by atoms with Crippen LogP contribution >= 0.6 is 0 Å². The average Bonchev–Trinajstić information content (AvgIpc) is 2.96.